The van der Waals surface area contributed by atoms with Crippen molar-refractivity contribution in [3.8, 4) is 0 Å². The number of amides is 5. The number of hydrogen-bond acceptors (Lipinski definition) is 6. The van der Waals surface area contributed by atoms with Crippen LogP contribution in [-0.4, -0.2) is 96.0 Å². The molecule has 280 valence electrons. The second-order valence-electron chi connectivity index (χ2n) is 14.2. The van der Waals surface area contributed by atoms with Crippen molar-refractivity contribution in [2.24, 2.45) is 11.8 Å². The number of likely N-dealkylation sites (tertiary alicyclic amines) is 3. The minimum absolute atomic E-state index is 0.151. The zero-order chi connectivity index (χ0) is 36.7. The van der Waals surface area contributed by atoms with Crippen LogP contribution in [-0.2, 0) is 30.1 Å². The Balaban J connectivity index is 1.17. The number of nitrogens with one attached hydrogen (secondary N) is 2. The Kier molecular flexibility index (Phi) is 10.7. The molecule has 4 aliphatic rings. The van der Waals surface area contributed by atoms with Gasteiger partial charge in [0.1, 0.15) is 11.0 Å². The Hall–Kier alpha value is -3.73. The van der Waals surface area contributed by atoms with Crippen molar-refractivity contribution in [2.45, 2.75) is 75.9 Å². The molecule has 4 aliphatic heterocycles. The summed E-state index contributed by atoms with van der Waals surface area (Å²) in [5, 5.41) is 8.25. The Bertz CT molecular complexity index is 1560. The molecule has 5 amide bonds. The maximum Gasteiger partial charge on any atom is 0.418 e. The average Bonchev–Trinajstić information content (AvgIpc) is 3.54. The largest absolute Gasteiger partial charge is 0.418 e. The quantitative estimate of drug-likeness (QED) is 0.245. The summed E-state index contributed by atoms with van der Waals surface area (Å²) in [5.74, 6) is 0.373. The lowest BCUT2D eigenvalue weighted by Crippen LogP contribution is -2.57. The highest BCUT2D eigenvalue weighted by molar-refractivity contribution is 7.14. The summed E-state index contributed by atoms with van der Waals surface area (Å²) in [6.45, 7) is 3.65. The number of carbonyl (C=O) groups excluding carboxylic acids is 3. The van der Waals surface area contributed by atoms with Gasteiger partial charge in [-0.25, -0.2) is 9.59 Å². The van der Waals surface area contributed by atoms with Crippen LogP contribution in [0.2, 0.25) is 0 Å². The van der Waals surface area contributed by atoms with E-state index in [1.807, 2.05) is 11.4 Å². The van der Waals surface area contributed by atoms with Gasteiger partial charge in [-0.15, -0.1) is 11.3 Å². The topological polar surface area (TPSA) is 114 Å². The predicted octanol–water partition coefficient (Wildman–Crippen LogP) is 6.08. The minimum atomic E-state index is -5.18. The van der Waals surface area contributed by atoms with Crippen molar-refractivity contribution in [3.63, 3.8) is 0 Å². The van der Waals surface area contributed by atoms with E-state index in [4.69, 9.17) is 5.73 Å². The van der Waals surface area contributed by atoms with Crippen molar-refractivity contribution < 1.29 is 40.7 Å². The van der Waals surface area contributed by atoms with Gasteiger partial charge in [0.15, 0.2) is 0 Å². The molecule has 1 atom stereocenters. The van der Waals surface area contributed by atoms with Crippen LogP contribution in [0.1, 0.15) is 60.8 Å². The number of halogens is 6. The van der Waals surface area contributed by atoms with E-state index in [-0.39, 0.29) is 25.2 Å². The number of alkyl halides is 6. The van der Waals surface area contributed by atoms with Gasteiger partial charge < -0.3 is 30.7 Å². The summed E-state index contributed by atoms with van der Waals surface area (Å²) in [5.41, 5.74) is 1.19. The zero-order valence-electron chi connectivity index (χ0n) is 28.3. The Morgan fingerprint density at radius 3 is 2.02 bits per heavy atom. The van der Waals surface area contributed by atoms with Crippen LogP contribution in [0.15, 0.2) is 23.6 Å². The number of carbonyl (C=O) groups is 3. The summed E-state index contributed by atoms with van der Waals surface area (Å²) >= 11 is 1.44. The van der Waals surface area contributed by atoms with Crippen LogP contribution in [0.4, 0.5) is 46.6 Å². The van der Waals surface area contributed by atoms with Gasteiger partial charge in [0.05, 0.1) is 23.4 Å². The van der Waals surface area contributed by atoms with Crippen molar-refractivity contribution in [2.75, 3.05) is 57.4 Å². The van der Waals surface area contributed by atoms with Crippen LogP contribution in [0.3, 0.4) is 0 Å². The molecule has 6 rings (SSSR count). The van der Waals surface area contributed by atoms with Crippen molar-refractivity contribution >= 4 is 40.0 Å². The fraction of sp³-hybridized carbons (Fsp3) is 0.618. The number of benzene rings is 1. The monoisotopic (exact) mass is 743 g/mol. The molecule has 3 saturated heterocycles. The SMILES string of the molecule is CN1CCC(C2CCN(C(=O)[C@@H](Cc3cc(C(F)(F)F)c(N)c(C(F)(F)F)c3)NC(=O)N3CCC(N4Cc5ccsc5NC4=O)CC3)CC2)CC1. The Morgan fingerprint density at radius 1 is 0.902 bits per heavy atom. The van der Waals surface area contributed by atoms with E-state index in [0.717, 1.165) is 49.3 Å². The average molecular weight is 744 g/mol. The molecular formula is C34H43F6N7O3S. The summed E-state index contributed by atoms with van der Waals surface area (Å²) in [6.07, 6.45) is -6.49. The fourth-order valence-corrected chi connectivity index (χ4v) is 8.76. The third-order valence-corrected chi connectivity index (χ3v) is 11.8. The number of urea groups is 2. The highest BCUT2D eigenvalue weighted by Gasteiger charge is 2.42. The number of piperidine rings is 3. The second-order valence-corrected chi connectivity index (χ2v) is 15.1. The van der Waals surface area contributed by atoms with Gasteiger partial charge >= 0.3 is 24.4 Å². The molecule has 3 fully saturated rings. The summed E-state index contributed by atoms with van der Waals surface area (Å²) < 4.78 is 83.2. The van der Waals surface area contributed by atoms with Gasteiger partial charge in [-0.3, -0.25) is 10.1 Å². The van der Waals surface area contributed by atoms with E-state index in [1.54, 1.807) is 9.80 Å². The molecule has 5 heterocycles. The molecule has 17 heteroatoms. The number of nitrogen functional groups attached to an aromatic ring is 1. The molecule has 0 unspecified atom stereocenters. The molecule has 1 aromatic heterocycles. The highest BCUT2D eigenvalue weighted by atomic mass is 32.1. The van der Waals surface area contributed by atoms with Gasteiger partial charge in [0.25, 0.3) is 0 Å². The number of rotatable bonds is 6. The lowest BCUT2D eigenvalue weighted by molar-refractivity contribution is -0.141. The van der Waals surface area contributed by atoms with Gasteiger partial charge in [-0.2, -0.15) is 26.3 Å². The third kappa shape index (κ3) is 8.34. The molecule has 51 heavy (non-hydrogen) atoms. The molecule has 0 saturated carbocycles. The first-order valence-corrected chi connectivity index (χ1v) is 18.2. The number of thiophene rings is 1. The lowest BCUT2D eigenvalue weighted by atomic mass is 9.79. The van der Waals surface area contributed by atoms with E-state index in [0.29, 0.717) is 56.4 Å². The molecule has 0 radical (unpaired) electrons. The van der Waals surface area contributed by atoms with Crippen LogP contribution in [0, 0.1) is 11.8 Å². The first kappa shape index (κ1) is 37.0. The predicted molar refractivity (Wildman–Crippen MR) is 180 cm³/mol. The van der Waals surface area contributed by atoms with E-state index in [1.165, 1.54) is 16.2 Å². The highest BCUT2D eigenvalue weighted by Crippen LogP contribution is 2.42. The summed E-state index contributed by atoms with van der Waals surface area (Å²) in [7, 11) is 2.08. The van der Waals surface area contributed by atoms with E-state index in [9.17, 15) is 40.7 Å². The molecule has 4 N–H and O–H groups in total. The molecule has 10 nitrogen and oxygen atoms in total. The van der Waals surface area contributed by atoms with Crippen molar-refractivity contribution in [1.29, 1.82) is 0 Å². The first-order valence-electron chi connectivity index (χ1n) is 17.3. The number of nitrogens with zero attached hydrogens (tertiary/aromatic N) is 4. The van der Waals surface area contributed by atoms with E-state index in [2.05, 4.69) is 22.6 Å². The fourth-order valence-electron chi connectivity index (χ4n) is 7.96. The number of nitrogens with two attached hydrogens (primary N) is 1. The zero-order valence-corrected chi connectivity index (χ0v) is 29.1. The number of hydrogen-bond donors (Lipinski definition) is 3. The summed E-state index contributed by atoms with van der Waals surface area (Å²) in [4.78, 5) is 47.4. The van der Waals surface area contributed by atoms with Gasteiger partial charge in [-0.1, -0.05) is 0 Å². The van der Waals surface area contributed by atoms with Gasteiger partial charge in [0.2, 0.25) is 5.91 Å². The maximum atomic E-state index is 14.0. The van der Waals surface area contributed by atoms with Gasteiger partial charge in [0, 0.05) is 44.2 Å². The molecule has 0 bridgehead atoms. The number of fused-ring (bicyclic) bond motifs is 1. The normalized spacial score (nSPS) is 21.0. The number of anilines is 2. The lowest BCUT2D eigenvalue weighted by Gasteiger charge is -2.41. The molecule has 0 aliphatic carbocycles. The third-order valence-electron chi connectivity index (χ3n) is 10.9. The summed E-state index contributed by atoms with van der Waals surface area (Å²) in [6, 6.07) is 0.540. The molecule has 0 spiro atoms. The Morgan fingerprint density at radius 2 is 1.45 bits per heavy atom. The van der Waals surface area contributed by atoms with Crippen LogP contribution < -0.4 is 16.4 Å². The smallest absolute Gasteiger partial charge is 0.398 e. The standard InChI is InChI=1S/C34H43F6N7O3S/c1-44-9-2-21(3-10-44)22-4-11-45(12-5-22)30(48)27(18-20-16-25(33(35,36)37)28(41)26(17-20)34(38,39)40)42-31(49)46-13-6-24(7-14-46)47-19-23-8-15-51-29(23)43-32(47)50/h8,15-17,21-22,24,27H,2-7,9-14,18-19,41H2,1H3,(H,42,49)(H,43,50)/t27-/m1/s1. The van der Waals surface area contributed by atoms with Crippen LogP contribution in [0.25, 0.3) is 0 Å². The van der Waals surface area contributed by atoms with E-state index >= 15 is 0 Å². The van der Waals surface area contributed by atoms with Crippen molar-refractivity contribution in [3.05, 3.63) is 45.8 Å². The second kappa shape index (κ2) is 14.7. The minimum Gasteiger partial charge on any atom is -0.398 e. The molecular weight excluding hydrogens is 700 g/mol. The van der Waals surface area contributed by atoms with Gasteiger partial charge in [-0.05, 0) is 99.6 Å². The molecule has 2 aromatic rings. The maximum absolute atomic E-state index is 14.0. The molecule has 1 aromatic carbocycles. The first-order chi connectivity index (χ1) is 24.1. The van der Waals surface area contributed by atoms with Crippen LogP contribution >= 0.6 is 11.3 Å². The Labute approximate surface area is 296 Å². The van der Waals surface area contributed by atoms with Crippen molar-refractivity contribution in [1.82, 2.24) is 24.9 Å². The van der Waals surface area contributed by atoms with Crippen LogP contribution in [0.5, 0.6) is 0 Å². The van der Waals surface area contributed by atoms with E-state index < -0.39 is 59.1 Å².